The maximum atomic E-state index is 12.8. The summed E-state index contributed by atoms with van der Waals surface area (Å²) >= 11 is 0. The largest absolute Gasteiger partial charge is 0.326 e. The number of benzene rings is 2. The van der Waals surface area contributed by atoms with E-state index < -0.39 is 0 Å². The van der Waals surface area contributed by atoms with Crippen molar-refractivity contribution in [2.24, 2.45) is 17.8 Å². The molecule has 0 heterocycles. The minimum Gasteiger partial charge on any atom is -0.326 e. The fraction of sp³-hybridized carbons (Fsp3) is 0.320. The van der Waals surface area contributed by atoms with Crippen molar-refractivity contribution in [1.29, 1.82) is 0 Å². The average Bonchev–Trinajstić information content (AvgIpc) is 3.27. The van der Waals surface area contributed by atoms with Crippen LogP contribution >= 0.6 is 0 Å². The standard InChI is InChI=1S/C25H27N3O3/c1-16-13-20(16)25(31)26-19-10-6-9-18(15-19)24(30)28-22-12-5-4-11-21(22)27-23(29)14-17-7-2-3-8-17/h2,4-7,9-12,15-17,20H,3,8,13-14H2,1H3,(H,26,31)(H,27,29)(H,28,30). The summed E-state index contributed by atoms with van der Waals surface area (Å²) < 4.78 is 0. The van der Waals surface area contributed by atoms with Gasteiger partial charge in [-0.1, -0.05) is 37.3 Å². The highest BCUT2D eigenvalue weighted by atomic mass is 16.2. The summed E-state index contributed by atoms with van der Waals surface area (Å²) in [6, 6.07) is 14.0. The Morgan fingerprint density at radius 1 is 0.968 bits per heavy atom. The molecular formula is C25H27N3O3. The molecule has 3 amide bonds. The highest BCUT2D eigenvalue weighted by Gasteiger charge is 2.39. The zero-order valence-corrected chi connectivity index (χ0v) is 17.6. The number of anilines is 3. The molecule has 3 unspecified atom stereocenters. The summed E-state index contributed by atoms with van der Waals surface area (Å²) in [5.41, 5.74) is 2.13. The van der Waals surface area contributed by atoms with E-state index in [4.69, 9.17) is 0 Å². The van der Waals surface area contributed by atoms with Crippen molar-refractivity contribution >= 4 is 34.8 Å². The van der Waals surface area contributed by atoms with E-state index in [1.54, 1.807) is 42.5 Å². The summed E-state index contributed by atoms with van der Waals surface area (Å²) in [5.74, 6) is 0.373. The van der Waals surface area contributed by atoms with Crippen molar-refractivity contribution in [2.75, 3.05) is 16.0 Å². The van der Waals surface area contributed by atoms with Gasteiger partial charge in [-0.05, 0) is 61.4 Å². The molecule has 3 N–H and O–H groups in total. The van der Waals surface area contributed by atoms with Crippen LogP contribution in [0.15, 0.2) is 60.7 Å². The molecular weight excluding hydrogens is 390 g/mol. The van der Waals surface area contributed by atoms with Crippen LogP contribution < -0.4 is 16.0 Å². The molecule has 0 spiro atoms. The lowest BCUT2D eigenvalue weighted by Crippen LogP contribution is -2.18. The van der Waals surface area contributed by atoms with Crippen LogP contribution in [0.5, 0.6) is 0 Å². The Kier molecular flexibility index (Phi) is 6.16. The van der Waals surface area contributed by atoms with Gasteiger partial charge in [-0.2, -0.15) is 0 Å². The van der Waals surface area contributed by atoms with E-state index >= 15 is 0 Å². The molecule has 160 valence electrons. The highest BCUT2D eigenvalue weighted by molar-refractivity contribution is 6.08. The normalized spacial score (nSPS) is 21.4. The van der Waals surface area contributed by atoms with Gasteiger partial charge < -0.3 is 16.0 Å². The third kappa shape index (κ3) is 5.40. The molecule has 2 aromatic carbocycles. The smallest absolute Gasteiger partial charge is 0.255 e. The first-order valence-electron chi connectivity index (χ1n) is 10.8. The lowest BCUT2D eigenvalue weighted by molar-refractivity contribution is -0.118. The van der Waals surface area contributed by atoms with Crippen LogP contribution in [0.25, 0.3) is 0 Å². The van der Waals surface area contributed by atoms with Gasteiger partial charge in [-0.3, -0.25) is 14.4 Å². The lowest BCUT2D eigenvalue weighted by atomic mass is 10.0. The average molecular weight is 418 g/mol. The third-order valence-corrected chi connectivity index (χ3v) is 5.85. The van der Waals surface area contributed by atoms with E-state index in [1.165, 1.54) is 0 Å². The number of allylic oxidation sites excluding steroid dienone is 2. The van der Waals surface area contributed by atoms with Gasteiger partial charge in [0.25, 0.3) is 5.91 Å². The van der Waals surface area contributed by atoms with Gasteiger partial charge in [0.2, 0.25) is 11.8 Å². The molecule has 2 aliphatic rings. The molecule has 0 radical (unpaired) electrons. The molecule has 31 heavy (non-hydrogen) atoms. The molecule has 0 aromatic heterocycles. The third-order valence-electron chi connectivity index (χ3n) is 5.85. The van der Waals surface area contributed by atoms with E-state index in [0.29, 0.717) is 35.0 Å². The maximum Gasteiger partial charge on any atom is 0.255 e. The molecule has 1 fully saturated rings. The highest BCUT2D eigenvalue weighted by Crippen LogP contribution is 2.38. The van der Waals surface area contributed by atoms with Gasteiger partial charge in [-0.15, -0.1) is 0 Å². The van der Waals surface area contributed by atoms with Crippen LogP contribution in [0, 0.1) is 17.8 Å². The second-order valence-electron chi connectivity index (χ2n) is 8.41. The van der Waals surface area contributed by atoms with Crippen molar-refractivity contribution in [1.82, 2.24) is 0 Å². The zero-order valence-electron chi connectivity index (χ0n) is 17.6. The quantitative estimate of drug-likeness (QED) is 0.564. The Labute approximate surface area is 182 Å². The number of rotatable bonds is 7. The van der Waals surface area contributed by atoms with Crippen molar-refractivity contribution in [3.63, 3.8) is 0 Å². The first-order chi connectivity index (χ1) is 15.0. The summed E-state index contributed by atoms with van der Waals surface area (Å²) in [6.45, 7) is 2.05. The van der Waals surface area contributed by atoms with Gasteiger partial charge in [-0.25, -0.2) is 0 Å². The molecule has 2 aromatic rings. The minimum atomic E-state index is -0.309. The van der Waals surface area contributed by atoms with E-state index in [-0.39, 0.29) is 29.6 Å². The zero-order chi connectivity index (χ0) is 21.8. The summed E-state index contributed by atoms with van der Waals surface area (Å²) in [4.78, 5) is 37.4. The number of carbonyl (C=O) groups excluding carboxylic acids is 3. The number of para-hydroxylation sites is 2. The van der Waals surface area contributed by atoms with E-state index in [0.717, 1.165) is 19.3 Å². The molecule has 6 nitrogen and oxygen atoms in total. The van der Waals surface area contributed by atoms with Crippen molar-refractivity contribution in [3.05, 3.63) is 66.2 Å². The van der Waals surface area contributed by atoms with Crippen LogP contribution in [-0.4, -0.2) is 17.7 Å². The van der Waals surface area contributed by atoms with Gasteiger partial charge in [0.05, 0.1) is 11.4 Å². The summed E-state index contributed by atoms with van der Waals surface area (Å²) in [5, 5.41) is 8.66. The Hall–Kier alpha value is -3.41. The first kappa shape index (κ1) is 20.8. The van der Waals surface area contributed by atoms with Crippen LogP contribution in [-0.2, 0) is 9.59 Å². The van der Waals surface area contributed by atoms with Crippen LogP contribution in [0.1, 0.15) is 43.0 Å². The summed E-state index contributed by atoms with van der Waals surface area (Å²) in [7, 11) is 0. The topological polar surface area (TPSA) is 87.3 Å². The van der Waals surface area contributed by atoms with Crippen LogP contribution in [0.4, 0.5) is 17.1 Å². The van der Waals surface area contributed by atoms with Crippen molar-refractivity contribution < 1.29 is 14.4 Å². The molecule has 6 heteroatoms. The first-order valence-corrected chi connectivity index (χ1v) is 10.8. The predicted molar refractivity (Wildman–Crippen MR) is 122 cm³/mol. The number of nitrogens with one attached hydrogen (secondary N) is 3. The number of hydrogen-bond acceptors (Lipinski definition) is 3. The molecule has 0 saturated heterocycles. The van der Waals surface area contributed by atoms with Crippen LogP contribution in [0.3, 0.4) is 0 Å². The van der Waals surface area contributed by atoms with Crippen LogP contribution in [0.2, 0.25) is 0 Å². The monoisotopic (exact) mass is 417 g/mol. The van der Waals surface area contributed by atoms with Crippen molar-refractivity contribution in [3.8, 4) is 0 Å². The van der Waals surface area contributed by atoms with Gasteiger partial charge in [0.15, 0.2) is 0 Å². The fourth-order valence-electron chi connectivity index (χ4n) is 3.86. The SMILES string of the molecule is CC1CC1C(=O)Nc1cccc(C(=O)Nc2ccccc2NC(=O)CC2C=CCC2)c1. The van der Waals surface area contributed by atoms with Gasteiger partial charge in [0, 0.05) is 23.6 Å². The van der Waals surface area contributed by atoms with Crippen molar-refractivity contribution in [2.45, 2.75) is 32.6 Å². The predicted octanol–water partition coefficient (Wildman–Crippen LogP) is 4.83. The molecule has 0 aliphatic heterocycles. The van der Waals surface area contributed by atoms with E-state index in [9.17, 15) is 14.4 Å². The molecule has 3 atom stereocenters. The Morgan fingerprint density at radius 3 is 2.39 bits per heavy atom. The number of hydrogen-bond donors (Lipinski definition) is 3. The molecule has 0 bridgehead atoms. The van der Waals surface area contributed by atoms with Gasteiger partial charge in [0.1, 0.15) is 0 Å². The molecule has 1 saturated carbocycles. The fourth-order valence-corrected chi connectivity index (χ4v) is 3.86. The maximum absolute atomic E-state index is 12.8. The Bertz CT molecular complexity index is 1030. The second-order valence-corrected chi connectivity index (χ2v) is 8.41. The van der Waals surface area contributed by atoms with E-state index in [2.05, 4.69) is 35.0 Å². The number of carbonyl (C=O) groups is 3. The lowest BCUT2D eigenvalue weighted by Gasteiger charge is -2.14. The summed E-state index contributed by atoms with van der Waals surface area (Å²) in [6.07, 6.45) is 7.55. The Morgan fingerprint density at radius 2 is 1.71 bits per heavy atom. The Balaban J connectivity index is 1.40. The van der Waals surface area contributed by atoms with E-state index in [1.807, 2.05) is 6.07 Å². The molecule has 2 aliphatic carbocycles. The number of amides is 3. The second kappa shape index (κ2) is 9.16. The molecule has 4 rings (SSSR count). The van der Waals surface area contributed by atoms with Gasteiger partial charge >= 0.3 is 0 Å². The minimum absolute atomic E-state index is 0.00442.